The first-order chi connectivity index (χ1) is 10.3. The molecule has 22 heavy (non-hydrogen) atoms. The number of halogens is 1. The lowest BCUT2D eigenvalue weighted by Crippen LogP contribution is -2.46. The summed E-state index contributed by atoms with van der Waals surface area (Å²) in [4.78, 5) is 25.9. The third kappa shape index (κ3) is 2.70. The molecule has 1 aromatic rings. The Morgan fingerprint density at radius 3 is 2.27 bits per heavy atom. The van der Waals surface area contributed by atoms with Gasteiger partial charge in [-0.15, -0.1) is 0 Å². The van der Waals surface area contributed by atoms with Crippen LogP contribution in [0.15, 0.2) is 24.3 Å². The molecule has 2 rings (SSSR count). The zero-order valence-electron chi connectivity index (χ0n) is 13.0. The van der Waals surface area contributed by atoms with Gasteiger partial charge >= 0.3 is 6.03 Å². The van der Waals surface area contributed by atoms with Gasteiger partial charge in [0.05, 0.1) is 12.1 Å². The second kappa shape index (κ2) is 5.68. The van der Waals surface area contributed by atoms with E-state index in [2.05, 4.69) is 5.32 Å². The van der Waals surface area contributed by atoms with Crippen LogP contribution < -0.4 is 5.32 Å². The van der Waals surface area contributed by atoms with Gasteiger partial charge in [0.15, 0.2) is 0 Å². The van der Waals surface area contributed by atoms with E-state index < -0.39 is 28.9 Å². The van der Waals surface area contributed by atoms with E-state index in [1.54, 1.807) is 20.8 Å². The SMILES string of the molecule is CCC(O)(CC)CN1C(=O)NC(C)(c2ccc(F)cc2)C1=O. The smallest absolute Gasteiger partial charge is 0.325 e. The van der Waals surface area contributed by atoms with Crippen molar-refractivity contribution in [2.24, 2.45) is 0 Å². The van der Waals surface area contributed by atoms with Crippen molar-refractivity contribution >= 4 is 11.9 Å². The molecule has 1 fully saturated rings. The number of rotatable bonds is 5. The maximum absolute atomic E-state index is 13.0. The van der Waals surface area contributed by atoms with E-state index in [9.17, 15) is 19.1 Å². The van der Waals surface area contributed by atoms with Crippen molar-refractivity contribution in [3.63, 3.8) is 0 Å². The summed E-state index contributed by atoms with van der Waals surface area (Å²) in [6, 6.07) is 4.90. The van der Waals surface area contributed by atoms with Gasteiger partial charge in [-0.2, -0.15) is 0 Å². The monoisotopic (exact) mass is 308 g/mol. The fourth-order valence-corrected chi connectivity index (χ4v) is 2.59. The summed E-state index contributed by atoms with van der Waals surface area (Å²) in [6.07, 6.45) is 0.877. The van der Waals surface area contributed by atoms with Gasteiger partial charge in [-0.3, -0.25) is 9.69 Å². The zero-order chi connectivity index (χ0) is 16.5. The van der Waals surface area contributed by atoms with Gasteiger partial charge in [-0.25, -0.2) is 9.18 Å². The van der Waals surface area contributed by atoms with Crippen LogP contribution in [0.25, 0.3) is 0 Å². The van der Waals surface area contributed by atoms with Crippen molar-refractivity contribution in [3.05, 3.63) is 35.6 Å². The van der Waals surface area contributed by atoms with Crippen LogP contribution >= 0.6 is 0 Å². The van der Waals surface area contributed by atoms with Crippen LogP contribution in [0.5, 0.6) is 0 Å². The standard InChI is InChI=1S/C16H21FN2O3/c1-4-16(22,5-2)10-19-13(20)15(3,18-14(19)21)11-6-8-12(17)9-7-11/h6-9,22H,4-5,10H2,1-3H3,(H,18,21). The van der Waals surface area contributed by atoms with Crippen LogP contribution in [0.1, 0.15) is 39.2 Å². The molecule has 1 aliphatic rings. The number of β-amino-alcohol motifs (C(OH)–C–C–N with tert-alkyl or cyclic N) is 1. The maximum atomic E-state index is 13.0. The lowest BCUT2D eigenvalue weighted by atomic mass is 9.91. The fraction of sp³-hybridized carbons (Fsp3) is 0.500. The number of nitrogens with one attached hydrogen (secondary N) is 1. The van der Waals surface area contributed by atoms with Crippen molar-refractivity contribution < 1.29 is 19.1 Å². The molecule has 2 N–H and O–H groups in total. The molecule has 6 heteroatoms. The highest BCUT2D eigenvalue weighted by molar-refractivity contribution is 6.07. The Bertz CT molecular complexity index is 584. The highest BCUT2D eigenvalue weighted by atomic mass is 19.1. The lowest BCUT2D eigenvalue weighted by Gasteiger charge is -2.29. The number of hydrogen-bond acceptors (Lipinski definition) is 3. The highest BCUT2D eigenvalue weighted by Crippen LogP contribution is 2.30. The fourth-order valence-electron chi connectivity index (χ4n) is 2.59. The van der Waals surface area contributed by atoms with Crippen molar-refractivity contribution in [2.75, 3.05) is 6.54 Å². The number of imide groups is 1. The Morgan fingerprint density at radius 2 is 1.77 bits per heavy atom. The quantitative estimate of drug-likeness (QED) is 0.819. The second-order valence-corrected chi connectivity index (χ2v) is 5.88. The molecule has 1 unspecified atom stereocenters. The number of hydrogen-bond donors (Lipinski definition) is 2. The molecule has 1 aromatic carbocycles. The largest absolute Gasteiger partial charge is 0.388 e. The summed E-state index contributed by atoms with van der Waals surface area (Å²) in [7, 11) is 0. The summed E-state index contributed by atoms with van der Waals surface area (Å²) >= 11 is 0. The molecule has 0 bridgehead atoms. The second-order valence-electron chi connectivity index (χ2n) is 5.88. The molecule has 1 heterocycles. The molecule has 0 saturated carbocycles. The molecule has 0 radical (unpaired) electrons. The molecular weight excluding hydrogens is 287 g/mol. The predicted molar refractivity (Wildman–Crippen MR) is 79.5 cm³/mol. The summed E-state index contributed by atoms with van der Waals surface area (Å²) in [6.45, 7) is 5.14. The normalized spacial score (nSPS) is 22.1. The first-order valence-corrected chi connectivity index (χ1v) is 7.38. The first-order valence-electron chi connectivity index (χ1n) is 7.38. The van der Waals surface area contributed by atoms with Crippen molar-refractivity contribution in [1.82, 2.24) is 10.2 Å². The Balaban J connectivity index is 2.30. The molecule has 0 spiro atoms. The zero-order valence-corrected chi connectivity index (χ0v) is 13.0. The predicted octanol–water partition coefficient (Wildman–Crippen LogP) is 2.14. The minimum absolute atomic E-state index is 0.0541. The molecule has 0 aliphatic carbocycles. The summed E-state index contributed by atoms with van der Waals surface area (Å²) in [5.74, 6) is -0.850. The highest BCUT2D eigenvalue weighted by Gasteiger charge is 2.50. The van der Waals surface area contributed by atoms with Gasteiger partial charge < -0.3 is 10.4 Å². The van der Waals surface area contributed by atoms with E-state index in [1.165, 1.54) is 24.3 Å². The van der Waals surface area contributed by atoms with Crippen molar-refractivity contribution in [1.29, 1.82) is 0 Å². The molecule has 120 valence electrons. The van der Waals surface area contributed by atoms with E-state index in [0.29, 0.717) is 18.4 Å². The van der Waals surface area contributed by atoms with Crippen LogP contribution in [-0.2, 0) is 10.3 Å². The number of aliphatic hydroxyl groups is 1. The Labute approximate surface area is 129 Å². The summed E-state index contributed by atoms with van der Waals surface area (Å²) < 4.78 is 13.0. The van der Waals surface area contributed by atoms with E-state index >= 15 is 0 Å². The van der Waals surface area contributed by atoms with Gasteiger partial charge in [0.25, 0.3) is 5.91 Å². The van der Waals surface area contributed by atoms with Gasteiger partial charge in [-0.05, 0) is 37.5 Å². The van der Waals surface area contributed by atoms with Crippen LogP contribution in [0.4, 0.5) is 9.18 Å². The first kappa shape index (κ1) is 16.4. The summed E-state index contributed by atoms with van der Waals surface area (Å²) in [5, 5.41) is 13.0. The Morgan fingerprint density at radius 1 is 1.23 bits per heavy atom. The molecule has 0 aromatic heterocycles. The third-order valence-electron chi connectivity index (χ3n) is 4.47. The topological polar surface area (TPSA) is 69.6 Å². The molecule has 1 saturated heterocycles. The van der Waals surface area contributed by atoms with E-state index in [1.807, 2.05) is 0 Å². The van der Waals surface area contributed by atoms with Crippen LogP contribution in [-0.4, -0.2) is 34.1 Å². The van der Waals surface area contributed by atoms with Gasteiger partial charge in [0, 0.05) is 0 Å². The van der Waals surface area contributed by atoms with E-state index in [0.717, 1.165) is 4.90 Å². The number of benzene rings is 1. The van der Waals surface area contributed by atoms with Gasteiger partial charge in [0.2, 0.25) is 0 Å². The van der Waals surface area contributed by atoms with Crippen molar-refractivity contribution in [3.8, 4) is 0 Å². The molecular formula is C16H21FN2O3. The van der Waals surface area contributed by atoms with Crippen LogP contribution in [0.2, 0.25) is 0 Å². The maximum Gasteiger partial charge on any atom is 0.325 e. The lowest BCUT2D eigenvalue weighted by molar-refractivity contribution is -0.133. The number of carbonyl (C=O) groups excluding carboxylic acids is 2. The number of nitrogens with zero attached hydrogens (tertiary/aromatic N) is 1. The molecule has 5 nitrogen and oxygen atoms in total. The molecule has 3 amide bonds. The average molecular weight is 308 g/mol. The van der Waals surface area contributed by atoms with E-state index in [-0.39, 0.29) is 6.54 Å². The van der Waals surface area contributed by atoms with Gasteiger partial charge in [0.1, 0.15) is 11.4 Å². The van der Waals surface area contributed by atoms with Crippen molar-refractivity contribution in [2.45, 2.75) is 44.8 Å². The van der Waals surface area contributed by atoms with E-state index in [4.69, 9.17) is 0 Å². The minimum atomic E-state index is -1.24. The number of urea groups is 1. The number of carbonyl (C=O) groups is 2. The van der Waals surface area contributed by atoms with Gasteiger partial charge in [-0.1, -0.05) is 26.0 Å². The Kier molecular flexibility index (Phi) is 4.24. The molecule has 1 atom stereocenters. The van der Waals surface area contributed by atoms with Crippen LogP contribution in [0, 0.1) is 5.82 Å². The Hall–Kier alpha value is -1.95. The third-order valence-corrected chi connectivity index (χ3v) is 4.47. The van der Waals surface area contributed by atoms with Crippen LogP contribution in [0.3, 0.4) is 0 Å². The average Bonchev–Trinajstić information content (AvgIpc) is 2.72. The summed E-state index contributed by atoms with van der Waals surface area (Å²) in [5.41, 5.74) is -1.83. The minimum Gasteiger partial charge on any atom is -0.388 e. The molecule has 1 aliphatic heterocycles. The number of amides is 3.